The Labute approximate surface area is 109 Å². The van der Waals surface area contributed by atoms with E-state index in [1.807, 2.05) is 0 Å². The van der Waals surface area contributed by atoms with Crippen LogP contribution in [-0.2, 0) is 4.79 Å². The average Bonchev–Trinajstić information content (AvgIpc) is 2.25. The van der Waals surface area contributed by atoms with E-state index in [1.165, 1.54) is 11.9 Å². The molecule has 0 saturated heterocycles. The lowest BCUT2D eigenvalue weighted by Gasteiger charge is -2.17. The van der Waals surface area contributed by atoms with Crippen molar-refractivity contribution in [3.63, 3.8) is 0 Å². The van der Waals surface area contributed by atoms with Crippen LogP contribution in [0.25, 0.3) is 0 Å². The van der Waals surface area contributed by atoms with E-state index in [0.717, 1.165) is 0 Å². The number of benzene rings is 1. The summed E-state index contributed by atoms with van der Waals surface area (Å²) in [6.07, 6.45) is -0.121. The van der Waals surface area contributed by atoms with Gasteiger partial charge in [0.05, 0.1) is 22.0 Å². The van der Waals surface area contributed by atoms with Gasteiger partial charge in [-0.25, -0.2) is 0 Å². The van der Waals surface area contributed by atoms with Crippen LogP contribution in [0.4, 0.5) is 0 Å². The molecule has 1 aromatic carbocycles. The highest BCUT2D eigenvalue weighted by Gasteiger charge is 2.18. The average molecular weight is 276 g/mol. The van der Waals surface area contributed by atoms with Gasteiger partial charge >= 0.3 is 5.97 Å². The van der Waals surface area contributed by atoms with Gasteiger partial charge < -0.3 is 10.0 Å². The highest BCUT2D eigenvalue weighted by molar-refractivity contribution is 6.39. The van der Waals surface area contributed by atoms with Crippen LogP contribution in [0.1, 0.15) is 16.8 Å². The van der Waals surface area contributed by atoms with E-state index in [-0.39, 0.29) is 34.5 Å². The molecular formula is C11H11Cl2NO3. The molecule has 1 N–H and O–H groups in total. The van der Waals surface area contributed by atoms with Crippen LogP contribution in [0.3, 0.4) is 0 Å². The Morgan fingerprint density at radius 1 is 1.29 bits per heavy atom. The molecule has 17 heavy (non-hydrogen) atoms. The fourth-order valence-corrected chi connectivity index (χ4v) is 1.82. The number of rotatable bonds is 4. The van der Waals surface area contributed by atoms with Crippen molar-refractivity contribution in [3.05, 3.63) is 33.8 Å². The molecule has 0 fully saturated rings. The molecule has 92 valence electrons. The molecule has 0 spiro atoms. The first-order chi connectivity index (χ1) is 7.93. The van der Waals surface area contributed by atoms with Crippen molar-refractivity contribution >= 4 is 35.1 Å². The second-order valence-electron chi connectivity index (χ2n) is 3.47. The molecule has 0 unspecified atom stereocenters. The van der Waals surface area contributed by atoms with Crippen molar-refractivity contribution in [2.75, 3.05) is 13.6 Å². The molecular weight excluding hydrogens is 265 g/mol. The Morgan fingerprint density at radius 2 is 1.82 bits per heavy atom. The number of amides is 1. The van der Waals surface area contributed by atoms with Gasteiger partial charge in [-0.1, -0.05) is 29.3 Å². The molecule has 0 radical (unpaired) electrons. The fraction of sp³-hybridized carbons (Fsp3) is 0.273. The third kappa shape index (κ3) is 3.61. The number of nitrogens with zero attached hydrogens (tertiary/aromatic N) is 1. The highest BCUT2D eigenvalue weighted by atomic mass is 35.5. The maximum Gasteiger partial charge on any atom is 0.305 e. The van der Waals surface area contributed by atoms with Crippen LogP contribution in [-0.4, -0.2) is 35.5 Å². The second-order valence-corrected chi connectivity index (χ2v) is 4.28. The minimum atomic E-state index is -0.963. The lowest BCUT2D eigenvalue weighted by molar-refractivity contribution is -0.137. The summed E-state index contributed by atoms with van der Waals surface area (Å²) in [4.78, 5) is 23.6. The molecule has 1 amide bonds. The van der Waals surface area contributed by atoms with Gasteiger partial charge in [0.1, 0.15) is 0 Å². The summed E-state index contributed by atoms with van der Waals surface area (Å²) in [5, 5.41) is 9.04. The third-order valence-corrected chi connectivity index (χ3v) is 2.81. The number of carbonyl (C=O) groups excluding carboxylic acids is 1. The maximum atomic E-state index is 12.0. The zero-order valence-corrected chi connectivity index (χ0v) is 10.6. The Balaban J connectivity index is 2.85. The van der Waals surface area contributed by atoms with E-state index < -0.39 is 5.97 Å². The summed E-state index contributed by atoms with van der Waals surface area (Å²) in [5.41, 5.74) is 0.198. The molecule has 0 saturated carbocycles. The molecule has 0 aliphatic carbocycles. The minimum absolute atomic E-state index is 0.107. The van der Waals surface area contributed by atoms with Crippen LogP contribution in [0.15, 0.2) is 18.2 Å². The third-order valence-electron chi connectivity index (χ3n) is 2.18. The van der Waals surface area contributed by atoms with E-state index in [1.54, 1.807) is 18.2 Å². The summed E-state index contributed by atoms with van der Waals surface area (Å²) < 4.78 is 0. The first-order valence-electron chi connectivity index (χ1n) is 4.84. The summed E-state index contributed by atoms with van der Waals surface area (Å²) in [5.74, 6) is -1.35. The Morgan fingerprint density at radius 3 is 2.29 bits per heavy atom. The van der Waals surface area contributed by atoms with Gasteiger partial charge in [0.25, 0.3) is 5.91 Å². The largest absolute Gasteiger partial charge is 0.481 e. The molecule has 0 bridgehead atoms. The van der Waals surface area contributed by atoms with Crippen molar-refractivity contribution < 1.29 is 14.7 Å². The summed E-state index contributed by atoms with van der Waals surface area (Å²) in [6.45, 7) is 0.107. The van der Waals surface area contributed by atoms with Gasteiger partial charge in [-0.2, -0.15) is 0 Å². The van der Waals surface area contributed by atoms with Crippen LogP contribution in [0.5, 0.6) is 0 Å². The Hall–Kier alpha value is -1.26. The predicted octanol–water partition coefficient (Wildman–Crippen LogP) is 2.54. The van der Waals surface area contributed by atoms with Gasteiger partial charge in [0.2, 0.25) is 0 Å². The van der Waals surface area contributed by atoms with Crippen LogP contribution in [0, 0.1) is 0 Å². The number of aliphatic carboxylic acids is 1. The predicted molar refractivity (Wildman–Crippen MR) is 65.7 cm³/mol. The standard InChI is InChI=1S/C11H11Cl2NO3/c1-14(6-5-9(15)16)11(17)10-7(12)3-2-4-8(10)13/h2-4H,5-6H2,1H3,(H,15,16). The van der Waals surface area contributed by atoms with Crippen LogP contribution in [0.2, 0.25) is 10.0 Å². The van der Waals surface area contributed by atoms with Crippen molar-refractivity contribution in [2.24, 2.45) is 0 Å². The molecule has 6 heteroatoms. The van der Waals surface area contributed by atoms with E-state index in [0.29, 0.717) is 0 Å². The molecule has 4 nitrogen and oxygen atoms in total. The molecule has 1 rings (SSSR count). The molecule has 0 atom stereocenters. The summed E-state index contributed by atoms with van der Waals surface area (Å²) >= 11 is 11.8. The quantitative estimate of drug-likeness (QED) is 0.919. The highest BCUT2D eigenvalue weighted by Crippen LogP contribution is 2.25. The number of carbonyl (C=O) groups is 2. The first kappa shape index (κ1) is 13.8. The number of carboxylic acids is 1. The molecule has 1 aromatic rings. The molecule has 0 aromatic heterocycles. The van der Waals surface area contributed by atoms with Gasteiger partial charge in [0.15, 0.2) is 0 Å². The zero-order chi connectivity index (χ0) is 13.0. The molecule has 0 heterocycles. The zero-order valence-electron chi connectivity index (χ0n) is 9.11. The van der Waals surface area contributed by atoms with E-state index >= 15 is 0 Å². The van der Waals surface area contributed by atoms with Gasteiger partial charge in [0, 0.05) is 13.6 Å². The van der Waals surface area contributed by atoms with E-state index in [2.05, 4.69) is 0 Å². The topological polar surface area (TPSA) is 57.6 Å². The first-order valence-corrected chi connectivity index (χ1v) is 5.60. The Kier molecular flexibility index (Phi) is 4.78. The lowest BCUT2D eigenvalue weighted by Crippen LogP contribution is -2.29. The smallest absolute Gasteiger partial charge is 0.305 e. The van der Waals surface area contributed by atoms with E-state index in [9.17, 15) is 9.59 Å². The van der Waals surface area contributed by atoms with Gasteiger partial charge in [-0.05, 0) is 12.1 Å². The number of halogens is 2. The molecule has 0 aliphatic rings. The monoisotopic (exact) mass is 275 g/mol. The van der Waals surface area contributed by atoms with Crippen molar-refractivity contribution in [3.8, 4) is 0 Å². The van der Waals surface area contributed by atoms with Crippen LogP contribution < -0.4 is 0 Å². The minimum Gasteiger partial charge on any atom is -0.481 e. The normalized spacial score (nSPS) is 10.1. The lowest BCUT2D eigenvalue weighted by atomic mass is 10.2. The number of carboxylic acid groups (broad SMARTS) is 1. The van der Waals surface area contributed by atoms with Crippen molar-refractivity contribution in [1.29, 1.82) is 0 Å². The fourth-order valence-electron chi connectivity index (χ4n) is 1.26. The number of hydrogen-bond donors (Lipinski definition) is 1. The van der Waals surface area contributed by atoms with Crippen molar-refractivity contribution in [2.45, 2.75) is 6.42 Å². The number of hydrogen-bond acceptors (Lipinski definition) is 2. The summed E-state index contributed by atoms with van der Waals surface area (Å²) in [6, 6.07) is 4.76. The van der Waals surface area contributed by atoms with Gasteiger partial charge in [-0.3, -0.25) is 9.59 Å². The van der Waals surface area contributed by atoms with Crippen molar-refractivity contribution in [1.82, 2.24) is 4.90 Å². The van der Waals surface area contributed by atoms with E-state index in [4.69, 9.17) is 28.3 Å². The van der Waals surface area contributed by atoms with Gasteiger partial charge in [-0.15, -0.1) is 0 Å². The summed E-state index contributed by atoms with van der Waals surface area (Å²) in [7, 11) is 1.50. The Bertz CT molecular complexity index is 428. The van der Waals surface area contributed by atoms with Crippen LogP contribution >= 0.6 is 23.2 Å². The maximum absolute atomic E-state index is 12.0. The SMILES string of the molecule is CN(CCC(=O)O)C(=O)c1c(Cl)cccc1Cl. The second kappa shape index (κ2) is 5.89. The molecule has 0 aliphatic heterocycles.